The summed E-state index contributed by atoms with van der Waals surface area (Å²) in [6, 6.07) is 20.2. The molecular formula is C23H30N2O3S. The third-order valence-electron chi connectivity index (χ3n) is 5.39. The Morgan fingerprint density at radius 3 is 1.93 bits per heavy atom. The molecule has 5 nitrogen and oxygen atoms in total. The zero-order valence-electron chi connectivity index (χ0n) is 16.9. The second-order valence-corrected chi connectivity index (χ2v) is 9.82. The number of rotatable bonds is 9. The number of amides is 1. The van der Waals surface area contributed by atoms with Crippen LogP contribution in [-0.2, 0) is 27.5 Å². The highest BCUT2D eigenvalue weighted by Gasteiger charge is 2.25. The normalized spacial score (nSPS) is 15.4. The first kappa shape index (κ1) is 21.5. The number of hydrogen-bond acceptors (Lipinski definition) is 4. The molecule has 2 aromatic rings. The standard InChI is InChI=1S/C23H30N2O3S/c26-23(20-29(27,28)19-7-12-21-8-3-1-4-9-21)25-17-15-24(16-18-25)14-13-22-10-5-2-6-11-22/h1-6,8-11H,7,12-20H2. The molecule has 0 saturated carbocycles. The van der Waals surface area contributed by atoms with Crippen molar-refractivity contribution in [1.29, 1.82) is 0 Å². The van der Waals surface area contributed by atoms with Crippen LogP contribution in [0, 0.1) is 0 Å². The van der Waals surface area contributed by atoms with E-state index in [4.69, 9.17) is 0 Å². The van der Waals surface area contributed by atoms with Crippen LogP contribution in [0.5, 0.6) is 0 Å². The van der Waals surface area contributed by atoms with Crippen molar-refractivity contribution >= 4 is 15.7 Å². The van der Waals surface area contributed by atoms with Gasteiger partial charge in [-0.1, -0.05) is 60.7 Å². The van der Waals surface area contributed by atoms with Crippen LogP contribution in [-0.4, -0.2) is 68.4 Å². The Kier molecular flexibility index (Phi) is 7.83. The molecule has 1 amide bonds. The van der Waals surface area contributed by atoms with Gasteiger partial charge in [0, 0.05) is 32.7 Å². The van der Waals surface area contributed by atoms with Crippen LogP contribution >= 0.6 is 0 Å². The largest absolute Gasteiger partial charge is 0.339 e. The molecular weight excluding hydrogens is 384 g/mol. The lowest BCUT2D eigenvalue weighted by atomic mass is 10.1. The lowest BCUT2D eigenvalue weighted by molar-refractivity contribution is -0.130. The van der Waals surface area contributed by atoms with E-state index in [0.717, 1.165) is 31.6 Å². The van der Waals surface area contributed by atoms with Crippen molar-refractivity contribution in [3.8, 4) is 0 Å². The molecule has 0 atom stereocenters. The second-order valence-electron chi connectivity index (χ2n) is 7.64. The number of nitrogens with zero attached hydrogens (tertiary/aromatic N) is 2. The first-order chi connectivity index (χ1) is 14.0. The van der Waals surface area contributed by atoms with Crippen molar-refractivity contribution in [2.24, 2.45) is 0 Å². The Morgan fingerprint density at radius 1 is 0.793 bits per heavy atom. The highest BCUT2D eigenvalue weighted by molar-refractivity contribution is 7.92. The monoisotopic (exact) mass is 414 g/mol. The number of carbonyl (C=O) groups excluding carboxylic acids is 1. The number of aryl methyl sites for hydroxylation is 1. The van der Waals surface area contributed by atoms with Crippen molar-refractivity contribution in [3.05, 3.63) is 71.8 Å². The molecule has 2 aromatic carbocycles. The SMILES string of the molecule is O=C(CS(=O)(=O)CCCc1ccccc1)N1CCN(CCc2ccccc2)CC1. The molecule has 0 spiro atoms. The zero-order valence-corrected chi connectivity index (χ0v) is 17.7. The van der Waals surface area contributed by atoms with E-state index in [-0.39, 0.29) is 17.4 Å². The minimum atomic E-state index is -3.36. The van der Waals surface area contributed by atoms with Gasteiger partial charge in [-0.15, -0.1) is 0 Å². The Hall–Kier alpha value is -2.18. The van der Waals surface area contributed by atoms with E-state index in [0.29, 0.717) is 25.9 Å². The lowest BCUT2D eigenvalue weighted by Gasteiger charge is -2.34. The van der Waals surface area contributed by atoms with Crippen LogP contribution in [0.4, 0.5) is 0 Å². The van der Waals surface area contributed by atoms with Crippen molar-refractivity contribution in [2.45, 2.75) is 19.3 Å². The predicted octanol–water partition coefficient (Wildman–Crippen LogP) is 2.42. The van der Waals surface area contributed by atoms with Gasteiger partial charge in [0.1, 0.15) is 5.75 Å². The number of sulfone groups is 1. The summed E-state index contributed by atoms with van der Waals surface area (Å²) in [5, 5.41) is 0. The van der Waals surface area contributed by atoms with Crippen LogP contribution in [0.3, 0.4) is 0 Å². The third kappa shape index (κ3) is 7.29. The van der Waals surface area contributed by atoms with Crippen LogP contribution in [0.1, 0.15) is 17.5 Å². The molecule has 0 aromatic heterocycles. The van der Waals surface area contributed by atoms with E-state index in [1.165, 1.54) is 5.56 Å². The van der Waals surface area contributed by atoms with E-state index in [2.05, 4.69) is 17.0 Å². The van der Waals surface area contributed by atoms with E-state index in [1.54, 1.807) is 4.90 Å². The molecule has 156 valence electrons. The van der Waals surface area contributed by atoms with Crippen LogP contribution in [0.25, 0.3) is 0 Å². The Morgan fingerprint density at radius 2 is 1.34 bits per heavy atom. The predicted molar refractivity (Wildman–Crippen MR) is 117 cm³/mol. The van der Waals surface area contributed by atoms with Gasteiger partial charge in [-0.3, -0.25) is 9.69 Å². The summed E-state index contributed by atoms with van der Waals surface area (Å²) in [5.41, 5.74) is 2.44. The first-order valence-electron chi connectivity index (χ1n) is 10.3. The van der Waals surface area contributed by atoms with Crippen LogP contribution < -0.4 is 0 Å². The quantitative estimate of drug-likeness (QED) is 0.632. The highest BCUT2D eigenvalue weighted by Crippen LogP contribution is 2.09. The van der Waals surface area contributed by atoms with Gasteiger partial charge in [0.15, 0.2) is 9.84 Å². The van der Waals surface area contributed by atoms with Crippen molar-refractivity contribution in [3.63, 3.8) is 0 Å². The third-order valence-corrected chi connectivity index (χ3v) is 6.99. The smallest absolute Gasteiger partial charge is 0.237 e. The van der Waals surface area contributed by atoms with Gasteiger partial charge in [-0.25, -0.2) is 8.42 Å². The molecule has 1 aliphatic heterocycles. The minimum Gasteiger partial charge on any atom is -0.339 e. The van der Waals surface area contributed by atoms with Crippen LogP contribution in [0.15, 0.2) is 60.7 Å². The molecule has 1 aliphatic rings. The topological polar surface area (TPSA) is 57.7 Å². The van der Waals surface area contributed by atoms with E-state index < -0.39 is 9.84 Å². The molecule has 1 fully saturated rings. The Labute approximate surface area is 174 Å². The number of carbonyl (C=O) groups is 1. The maximum Gasteiger partial charge on any atom is 0.237 e. The number of benzene rings is 2. The molecule has 0 radical (unpaired) electrons. The Bertz CT molecular complexity index is 862. The maximum absolute atomic E-state index is 12.5. The number of hydrogen-bond donors (Lipinski definition) is 0. The van der Waals surface area contributed by atoms with Gasteiger partial charge in [-0.05, 0) is 30.4 Å². The summed E-state index contributed by atoms with van der Waals surface area (Å²) >= 11 is 0. The molecule has 0 unspecified atom stereocenters. The van der Waals surface area contributed by atoms with Gasteiger partial charge in [-0.2, -0.15) is 0 Å². The van der Waals surface area contributed by atoms with Crippen molar-refractivity contribution < 1.29 is 13.2 Å². The van der Waals surface area contributed by atoms with Crippen molar-refractivity contribution in [1.82, 2.24) is 9.80 Å². The summed E-state index contributed by atoms with van der Waals surface area (Å²) in [5.74, 6) is -0.566. The molecule has 0 aliphatic carbocycles. The Balaban J connectivity index is 1.37. The zero-order chi connectivity index (χ0) is 20.5. The molecule has 3 rings (SSSR count). The summed E-state index contributed by atoms with van der Waals surface area (Å²) in [7, 11) is -3.36. The fourth-order valence-electron chi connectivity index (χ4n) is 3.65. The van der Waals surface area contributed by atoms with Gasteiger partial charge in [0.25, 0.3) is 0 Å². The van der Waals surface area contributed by atoms with E-state index in [1.807, 2.05) is 48.5 Å². The summed E-state index contributed by atoms with van der Waals surface area (Å²) in [4.78, 5) is 16.5. The van der Waals surface area contributed by atoms with Crippen molar-refractivity contribution in [2.75, 3.05) is 44.2 Å². The van der Waals surface area contributed by atoms with E-state index in [9.17, 15) is 13.2 Å². The molecule has 29 heavy (non-hydrogen) atoms. The lowest BCUT2D eigenvalue weighted by Crippen LogP contribution is -2.50. The average molecular weight is 415 g/mol. The fraction of sp³-hybridized carbons (Fsp3) is 0.435. The van der Waals surface area contributed by atoms with E-state index >= 15 is 0 Å². The van der Waals surface area contributed by atoms with Gasteiger partial charge in [0.2, 0.25) is 5.91 Å². The summed E-state index contributed by atoms with van der Waals surface area (Å²) < 4.78 is 24.7. The molecule has 1 saturated heterocycles. The van der Waals surface area contributed by atoms with Gasteiger partial charge < -0.3 is 4.90 Å². The second kappa shape index (κ2) is 10.6. The molecule has 0 N–H and O–H groups in total. The minimum absolute atomic E-state index is 0.0602. The first-order valence-corrected chi connectivity index (χ1v) is 12.1. The van der Waals surface area contributed by atoms with Gasteiger partial charge in [0.05, 0.1) is 5.75 Å². The molecule has 1 heterocycles. The number of piperazine rings is 1. The fourth-order valence-corrected chi connectivity index (χ4v) is 4.93. The van der Waals surface area contributed by atoms with Gasteiger partial charge >= 0.3 is 0 Å². The van der Waals surface area contributed by atoms with Crippen LogP contribution in [0.2, 0.25) is 0 Å². The summed E-state index contributed by atoms with van der Waals surface area (Å²) in [6.07, 6.45) is 2.26. The average Bonchev–Trinajstić information content (AvgIpc) is 2.73. The molecule has 0 bridgehead atoms. The summed E-state index contributed by atoms with van der Waals surface area (Å²) in [6.45, 7) is 3.77. The highest BCUT2D eigenvalue weighted by atomic mass is 32.2. The molecule has 6 heteroatoms. The maximum atomic E-state index is 12.5.